The highest BCUT2D eigenvalue weighted by Crippen LogP contribution is 2.38. The molecule has 0 saturated carbocycles. The molecule has 1 fully saturated rings. The fraction of sp³-hybridized carbons (Fsp3) is 0.500. The van der Waals surface area contributed by atoms with Gasteiger partial charge in [0.1, 0.15) is 11.8 Å². The van der Waals surface area contributed by atoms with Crippen LogP contribution in [0.2, 0.25) is 5.02 Å². The van der Waals surface area contributed by atoms with Gasteiger partial charge in [-0.05, 0) is 19.8 Å². The van der Waals surface area contributed by atoms with E-state index in [2.05, 4.69) is 20.2 Å². The Morgan fingerprint density at radius 1 is 1.60 bits per heavy atom. The third-order valence-corrected chi connectivity index (χ3v) is 4.66. The van der Waals surface area contributed by atoms with Crippen LogP contribution < -0.4 is 16.0 Å². The number of hydrogen-bond acceptors (Lipinski definition) is 5. The number of halogens is 2. The van der Waals surface area contributed by atoms with Crippen LogP contribution >= 0.6 is 24.0 Å². The second kappa shape index (κ2) is 8.23. The van der Waals surface area contributed by atoms with Crippen molar-refractivity contribution in [2.24, 2.45) is 5.73 Å². The number of hydrogen-bond donors (Lipinski definition) is 3. The molecule has 1 saturated heterocycles. The van der Waals surface area contributed by atoms with Gasteiger partial charge in [0.05, 0.1) is 28.0 Å². The second-order valence-corrected chi connectivity index (χ2v) is 6.50. The number of piperidine rings is 1. The molecule has 25 heavy (non-hydrogen) atoms. The number of aromatic amines is 1. The lowest BCUT2D eigenvalue weighted by Crippen LogP contribution is -2.43. The Kier molecular flexibility index (Phi) is 6.51. The van der Waals surface area contributed by atoms with Gasteiger partial charge in [-0.3, -0.25) is 4.79 Å². The van der Waals surface area contributed by atoms with Crippen LogP contribution in [0.4, 0.5) is 11.4 Å². The van der Waals surface area contributed by atoms with E-state index in [0.717, 1.165) is 37.0 Å². The molecule has 0 aliphatic carbocycles. The molecule has 1 aliphatic heterocycles. The van der Waals surface area contributed by atoms with Gasteiger partial charge in [-0.15, -0.1) is 12.4 Å². The summed E-state index contributed by atoms with van der Waals surface area (Å²) < 4.78 is 5.07. The molecular formula is C16H23Cl2N5O2. The maximum Gasteiger partial charge on any atom is 0.253 e. The number of methoxy groups -OCH3 is 1. The summed E-state index contributed by atoms with van der Waals surface area (Å²) in [4.78, 5) is 21.7. The average molecular weight is 388 g/mol. The van der Waals surface area contributed by atoms with Crippen LogP contribution in [0.15, 0.2) is 12.4 Å². The first-order valence-corrected chi connectivity index (χ1v) is 8.38. The number of amides is 1. The lowest BCUT2D eigenvalue weighted by atomic mass is 10.1. The van der Waals surface area contributed by atoms with Gasteiger partial charge in [0, 0.05) is 32.4 Å². The molecule has 3 heterocycles. The minimum absolute atomic E-state index is 0. The summed E-state index contributed by atoms with van der Waals surface area (Å²) in [5, 5.41) is 4.23. The quantitative estimate of drug-likeness (QED) is 0.748. The minimum Gasteiger partial charge on any atom is -0.372 e. The Balaban J connectivity index is 0.00000225. The topological polar surface area (TPSA) is 96.3 Å². The van der Waals surface area contributed by atoms with Crippen LogP contribution in [-0.2, 0) is 9.53 Å². The molecule has 4 N–H and O–H groups in total. The van der Waals surface area contributed by atoms with E-state index in [4.69, 9.17) is 22.1 Å². The third-order valence-electron chi connectivity index (χ3n) is 4.38. The van der Waals surface area contributed by atoms with E-state index in [9.17, 15) is 4.79 Å². The summed E-state index contributed by atoms with van der Waals surface area (Å²) in [7, 11) is 1.50. The number of pyridine rings is 1. The standard InChI is InChI=1S/C16H22ClN5O2.ClH/c1-9(24-2)16(23)21-12-7-20-15-13(12)14(11(17)6-19-15)22-5-3-4-10(18)8-22;/h6-7,9-10H,3-5,8,18H2,1-2H3,(H,19,20)(H,21,23);1H/t9?,10-;/m1./s1. The van der Waals surface area contributed by atoms with Crippen molar-refractivity contribution in [1.82, 2.24) is 9.97 Å². The molecule has 138 valence electrons. The maximum absolute atomic E-state index is 12.2. The van der Waals surface area contributed by atoms with Crippen molar-refractivity contribution in [2.75, 3.05) is 30.4 Å². The Morgan fingerprint density at radius 3 is 3.04 bits per heavy atom. The fourth-order valence-corrected chi connectivity index (χ4v) is 3.28. The first-order chi connectivity index (χ1) is 11.5. The van der Waals surface area contributed by atoms with Gasteiger partial charge in [-0.1, -0.05) is 11.6 Å². The number of nitrogens with one attached hydrogen (secondary N) is 2. The zero-order chi connectivity index (χ0) is 17.3. The predicted molar refractivity (Wildman–Crippen MR) is 103 cm³/mol. The summed E-state index contributed by atoms with van der Waals surface area (Å²) in [5.74, 6) is -0.223. The lowest BCUT2D eigenvalue weighted by molar-refractivity contribution is -0.124. The molecule has 1 aliphatic rings. The van der Waals surface area contributed by atoms with Gasteiger partial charge in [0.2, 0.25) is 0 Å². The Morgan fingerprint density at radius 2 is 2.36 bits per heavy atom. The summed E-state index contributed by atoms with van der Waals surface area (Å²) in [6.45, 7) is 3.30. The molecule has 0 radical (unpaired) electrons. The van der Waals surface area contributed by atoms with Crippen LogP contribution in [0.1, 0.15) is 19.8 Å². The summed E-state index contributed by atoms with van der Waals surface area (Å²) >= 11 is 6.44. The maximum atomic E-state index is 12.2. The zero-order valence-corrected chi connectivity index (χ0v) is 15.8. The van der Waals surface area contributed by atoms with Crippen LogP contribution in [0.3, 0.4) is 0 Å². The molecule has 2 aromatic rings. The number of carbonyl (C=O) groups excluding carboxylic acids is 1. The Bertz CT molecular complexity index is 751. The fourth-order valence-electron chi connectivity index (χ4n) is 3.02. The van der Waals surface area contributed by atoms with Gasteiger partial charge in [0.25, 0.3) is 5.91 Å². The number of rotatable bonds is 4. The molecule has 7 nitrogen and oxygen atoms in total. The van der Waals surface area contributed by atoms with E-state index in [0.29, 0.717) is 16.4 Å². The average Bonchev–Trinajstić information content (AvgIpc) is 2.96. The van der Waals surface area contributed by atoms with E-state index < -0.39 is 6.10 Å². The molecule has 2 aromatic heterocycles. The molecule has 1 unspecified atom stereocenters. The number of fused-ring (bicyclic) bond motifs is 1. The van der Waals surface area contributed by atoms with Gasteiger partial charge in [-0.2, -0.15) is 0 Å². The number of nitrogens with zero attached hydrogens (tertiary/aromatic N) is 2. The van der Waals surface area contributed by atoms with Crippen LogP contribution in [0.5, 0.6) is 0 Å². The highest BCUT2D eigenvalue weighted by atomic mass is 35.5. The number of H-pyrrole nitrogens is 1. The number of anilines is 2. The van der Waals surface area contributed by atoms with Gasteiger partial charge in [0.15, 0.2) is 0 Å². The molecule has 3 rings (SSSR count). The van der Waals surface area contributed by atoms with Crippen LogP contribution in [-0.4, -0.2) is 48.2 Å². The largest absolute Gasteiger partial charge is 0.372 e. The predicted octanol–water partition coefficient (Wildman–Crippen LogP) is 2.54. The highest BCUT2D eigenvalue weighted by Gasteiger charge is 2.24. The minimum atomic E-state index is -0.547. The van der Waals surface area contributed by atoms with Gasteiger partial charge in [-0.25, -0.2) is 4.98 Å². The Labute approximate surface area is 157 Å². The molecule has 0 spiro atoms. The van der Waals surface area contributed by atoms with Crippen molar-refractivity contribution in [2.45, 2.75) is 31.9 Å². The third kappa shape index (κ3) is 4.00. The Hall–Kier alpha value is -1.54. The van der Waals surface area contributed by atoms with Crippen molar-refractivity contribution in [3.63, 3.8) is 0 Å². The molecule has 0 bridgehead atoms. The SMILES string of the molecule is COC(C)C(=O)Nc1c[nH]c2ncc(Cl)c(N3CCC[C@@H](N)C3)c12.Cl. The van der Waals surface area contributed by atoms with E-state index in [1.54, 1.807) is 19.3 Å². The first-order valence-electron chi connectivity index (χ1n) is 8.01. The molecule has 9 heteroatoms. The van der Waals surface area contributed by atoms with Crippen molar-refractivity contribution < 1.29 is 9.53 Å². The molecule has 0 aromatic carbocycles. The molecular weight excluding hydrogens is 365 g/mol. The first kappa shape index (κ1) is 19.8. The van der Waals surface area contributed by atoms with Gasteiger partial charge < -0.3 is 25.7 Å². The lowest BCUT2D eigenvalue weighted by Gasteiger charge is -2.33. The summed E-state index contributed by atoms with van der Waals surface area (Å²) in [5.41, 5.74) is 8.29. The van der Waals surface area contributed by atoms with Crippen molar-refractivity contribution in [3.8, 4) is 0 Å². The normalized spacial score (nSPS) is 18.7. The monoisotopic (exact) mass is 387 g/mol. The van der Waals surface area contributed by atoms with Crippen molar-refractivity contribution in [1.29, 1.82) is 0 Å². The van der Waals surface area contributed by atoms with Crippen molar-refractivity contribution >= 4 is 52.3 Å². The second-order valence-electron chi connectivity index (χ2n) is 6.10. The smallest absolute Gasteiger partial charge is 0.253 e. The van der Waals surface area contributed by atoms with E-state index >= 15 is 0 Å². The molecule has 1 amide bonds. The van der Waals surface area contributed by atoms with E-state index in [1.807, 2.05) is 0 Å². The number of carbonyl (C=O) groups is 1. The summed E-state index contributed by atoms with van der Waals surface area (Å²) in [6.07, 6.45) is 4.81. The summed E-state index contributed by atoms with van der Waals surface area (Å²) in [6, 6.07) is 0.114. The van der Waals surface area contributed by atoms with Crippen LogP contribution in [0, 0.1) is 0 Å². The van der Waals surface area contributed by atoms with E-state index in [-0.39, 0.29) is 24.4 Å². The van der Waals surface area contributed by atoms with E-state index in [1.165, 1.54) is 7.11 Å². The highest BCUT2D eigenvalue weighted by molar-refractivity contribution is 6.35. The zero-order valence-electron chi connectivity index (χ0n) is 14.2. The number of aromatic nitrogens is 2. The van der Waals surface area contributed by atoms with Crippen LogP contribution in [0.25, 0.3) is 11.0 Å². The van der Waals surface area contributed by atoms with Gasteiger partial charge >= 0.3 is 0 Å². The number of ether oxygens (including phenoxy) is 1. The van der Waals surface area contributed by atoms with Crippen molar-refractivity contribution in [3.05, 3.63) is 17.4 Å². The molecule has 2 atom stereocenters. The number of nitrogens with two attached hydrogens (primary N) is 1.